The van der Waals surface area contributed by atoms with Gasteiger partial charge in [0.15, 0.2) is 0 Å². The zero-order valence-corrected chi connectivity index (χ0v) is 12.1. The summed E-state index contributed by atoms with van der Waals surface area (Å²) in [6.07, 6.45) is 1.75. The lowest BCUT2D eigenvalue weighted by Crippen LogP contribution is -2.12. The van der Waals surface area contributed by atoms with E-state index in [9.17, 15) is 4.79 Å². The Labute approximate surface area is 123 Å². The molecule has 3 aromatic rings. The van der Waals surface area contributed by atoms with E-state index in [0.29, 0.717) is 5.56 Å². The number of aromatic nitrogens is 1. The van der Waals surface area contributed by atoms with Gasteiger partial charge in [-0.25, -0.2) is 0 Å². The van der Waals surface area contributed by atoms with Crippen molar-refractivity contribution in [3.63, 3.8) is 0 Å². The molecule has 2 aromatic carbocycles. The highest BCUT2D eigenvalue weighted by Gasteiger charge is 2.07. The molecule has 3 rings (SSSR count). The number of rotatable bonds is 2. The number of aryl methyl sites for hydroxylation is 2. The second-order valence-electron chi connectivity index (χ2n) is 5.24. The van der Waals surface area contributed by atoms with Gasteiger partial charge in [0.05, 0.1) is 5.52 Å². The number of amides is 1. The summed E-state index contributed by atoms with van der Waals surface area (Å²) in [4.78, 5) is 16.6. The molecule has 0 unspecified atom stereocenters. The van der Waals surface area contributed by atoms with Gasteiger partial charge in [-0.1, -0.05) is 12.1 Å². The number of carbonyl (C=O) groups is 1. The van der Waals surface area contributed by atoms with Gasteiger partial charge in [-0.05, 0) is 61.4 Å². The van der Waals surface area contributed by atoms with Crippen LogP contribution >= 0.6 is 0 Å². The lowest BCUT2D eigenvalue weighted by molar-refractivity contribution is 0.102. The van der Waals surface area contributed by atoms with Gasteiger partial charge in [-0.2, -0.15) is 0 Å². The summed E-state index contributed by atoms with van der Waals surface area (Å²) in [7, 11) is 0. The molecule has 21 heavy (non-hydrogen) atoms. The Balaban J connectivity index is 1.89. The number of anilines is 1. The highest BCUT2D eigenvalue weighted by atomic mass is 16.1. The maximum Gasteiger partial charge on any atom is 0.255 e. The average molecular weight is 276 g/mol. The summed E-state index contributed by atoms with van der Waals surface area (Å²) in [5, 5.41) is 3.91. The first-order valence-corrected chi connectivity index (χ1v) is 6.86. The van der Waals surface area contributed by atoms with Gasteiger partial charge in [0.1, 0.15) is 0 Å². The number of hydrogen-bond acceptors (Lipinski definition) is 2. The fourth-order valence-electron chi connectivity index (χ4n) is 2.47. The molecule has 0 saturated carbocycles. The van der Waals surface area contributed by atoms with Crippen LogP contribution in [-0.4, -0.2) is 10.9 Å². The third-order valence-electron chi connectivity index (χ3n) is 3.34. The number of pyridine rings is 1. The van der Waals surface area contributed by atoms with Crippen molar-refractivity contribution in [1.82, 2.24) is 4.98 Å². The molecule has 0 spiro atoms. The second-order valence-corrected chi connectivity index (χ2v) is 5.24. The Morgan fingerprint density at radius 3 is 2.52 bits per heavy atom. The summed E-state index contributed by atoms with van der Waals surface area (Å²) < 4.78 is 0. The maximum absolute atomic E-state index is 12.3. The van der Waals surface area contributed by atoms with E-state index in [2.05, 4.69) is 16.4 Å². The van der Waals surface area contributed by atoms with Gasteiger partial charge in [0.2, 0.25) is 0 Å². The van der Waals surface area contributed by atoms with E-state index in [1.807, 2.05) is 50.2 Å². The molecule has 1 heterocycles. The smallest absolute Gasteiger partial charge is 0.255 e. The number of nitrogens with one attached hydrogen (secondary N) is 1. The van der Waals surface area contributed by atoms with E-state index < -0.39 is 0 Å². The van der Waals surface area contributed by atoms with Crippen molar-refractivity contribution in [2.45, 2.75) is 13.8 Å². The van der Waals surface area contributed by atoms with Crippen molar-refractivity contribution in [3.8, 4) is 0 Å². The van der Waals surface area contributed by atoms with E-state index in [0.717, 1.165) is 27.7 Å². The molecular formula is C18H16N2O. The molecule has 0 atom stereocenters. The van der Waals surface area contributed by atoms with Crippen molar-refractivity contribution in [2.24, 2.45) is 0 Å². The summed E-state index contributed by atoms with van der Waals surface area (Å²) in [5.41, 5.74) is 4.61. The molecule has 1 aromatic heterocycles. The molecule has 1 N–H and O–H groups in total. The molecule has 1 amide bonds. The predicted molar refractivity (Wildman–Crippen MR) is 85.6 cm³/mol. The SMILES string of the molecule is Cc1cc(C)cc(NC(=O)c2ccc3ncccc3c2)c1. The Kier molecular flexibility index (Phi) is 3.40. The van der Waals surface area contributed by atoms with Crippen LogP contribution in [0.1, 0.15) is 21.5 Å². The Morgan fingerprint density at radius 2 is 1.76 bits per heavy atom. The molecule has 0 fully saturated rings. The van der Waals surface area contributed by atoms with Gasteiger partial charge < -0.3 is 5.32 Å². The molecule has 3 nitrogen and oxygen atoms in total. The fraction of sp³-hybridized carbons (Fsp3) is 0.111. The first-order valence-electron chi connectivity index (χ1n) is 6.86. The number of benzene rings is 2. The summed E-state index contributed by atoms with van der Waals surface area (Å²) >= 11 is 0. The molecule has 0 aliphatic carbocycles. The van der Waals surface area contributed by atoms with Crippen LogP contribution in [0.5, 0.6) is 0 Å². The minimum Gasteiger partial charge on any atom is -0.322 e. The van der Waals surface area contributed by atoms with Crippen molar-refractivity contribution in [3.05, 3.63) is 71.4 Å². The van der Waals surface area contributed by atoms with Gasteiger partial charge in [0.25, 0.3) is 5.91 Å². The quantitative estimate of drug-likeness (QED) is 0.765. The highest BCUT2D eigenvalue weighted by Crippen LogP contribution is 2.17. The number of hydrogen-bond donors (Lipinski definition) is 1. The van der Waals surface area contributed by atoms with Crippen LogP contribution in [-0.2, 0) is 0 Å². The maximum atomic E-state index is 12.3. The van der Waals surface area contributed by atoms with Crippen LogP contribution < -0.4 is 5.32 Å². The first kappa shape index (κ1) is 13.3. The Morgan fingerprint density at radius 1 is 1.00 bits per heavy atom. The average Bonchev–Trinajstić information content (AvgIpc) is 2.45. The van der Waals surface area contributed by atoms with Crippen LogP contribution in [0.25, 0.3) is 10.9 Å². The third-order valence-corrected chi connectivity index (χ3v) is 3.34. The van der Waals surface area contributed by atoms with Gasteiger partial charge in [0, 0.05) is 22.8 Å². The molecule has 104 valence electrons. The second kappa shape index (κ2) is 5.37. The first-order chi connectivity index (χ1) is 10.1. The summed E-state index contributed by atoms with van der Waals surface area (Å²) in [6.45, 7) is 4.04. The van der Waals surface area contributed by atoms with E-state index >= 15 is 0 Å². The van der Waals surface area contributed by atoms with Gasteiger partial charge in [-0.15, -0.1) is 0 Å². The minimum atomic E-state index is -0.106. The number of nitrogens with zero attached hydrogens (tertiary/aromatic N) is 1. The molecule has 0 bridgehead atoms. The topological polar surface area (TPSA) is 42.0 Å². The zero-order valence-electron chi connectivity index (χ0n) is 12.1. The fourth-order valence-corrected chi connectivity index (χ4v) is 2.47. The molecule has 0 aliphatic rings. The molecule has 0 saturated heterocycles. The number of fused-ring (bicyclic) bond motifs is 1. The molecule has 0 radical (unpaired) electrons. The van der Waals surface area contributed by atoms with Crippen molar-refractivity contribution in [1.29, 1.82) is 0 Å². The van der Waals surface area contributed by atoms with E-state index in [1.165, 1.54) is 0 Å². The molecule has 3 heteroatoms. The molecule has 0 aliphatic heterocycles. The highest BCUT2D eigenvalue weighted by molar-refractivity contribution is 6.06. The standard InChI is InChI=1S/C18H16N2O/c1-12-8-13(2)10-16(9-12)20-18(21)15-5-6-17-14(11-15)4-3-7-19-17/h3-11H,1-2H3,(H,20,21). The normalized spacial score (nSPS) is 10.6. The lowest BCUT2D eigenvalue weighted by atomic mass is 10.1. The predicted octanol–water partition coefficient (Wildman–Crippen LogP) is 4.10. The van der Waals surface area contributed by atoms with Crippen LogP contribution in [0.2, 0.25) is 0 Å². The van der Waals surface area contributed by atoms with Crippen LogP contribution in [0.15, 0.2) is 54.7 Å². The Hall–Kier alpha value is -2.68. The van der Waals surface area contributed by atoms with Crippen molar-refractivity contribution in [2.75, 3.05) is 5.32 Å². The number of carbonyl (C=O) groups excluding carboxylic acids is 1. The van der Waals surface area contributed by atoms with Crippen LogP contribution in [0, 0.1) is 13.8 Å². The Bertz CT molecular complexity index is 804. The van der Waals surface area contributed by atoms with Gasteiger partial charge in [-0.3, -0.25) is 9.78 Å². The molecular weight excluding hydrogens is 260 g/mol. The monoisotopic (exact) mass is 276 g/mol. The van der Waals surface area contributed by atoms with Crippen molar-refractivity contribution < 1.29 is 4.79 Å². The van der Waals surface area contributed by atoms with E-state index in [-0.39, 0.29) is 5.91 Å². The lowest BCUT2D eigenvalue weighted by Gasteiger charge is -2.08. The van der Waals surface area contributed by atoms with Crippen LogP contribution in [0.3, 0.4) is 0 Å². The largest absolute Gasteiger partial charge is 0.322 e. The van der Waals surface area contributed by atoms with E-state index in [4.69, 9.17) is 0 Å². The zero-order chi connectivity index (χ0) is 14.8. The summed E-state index contributed by atoms with van der Waals surface area (Å²) in [5.74, 6) is -0.106. The minimum absolute atomic E-state index is 0.106. The third kappa shape index (κ3) is 2.92. The van der Waals surface area contributed by atoms with Crippen LogP contribution in [0.4, 0.5) is 5.69 Å². The summed E-state index contributed by atoms with van der Waals surface area (Å²) in [6, 6.07) is 15.4. The van der Waals surface area contributed by atoms with E-state index in [1.54, 1.807) is 12.3 Å². The van der Waals surface area contributed by atoms with Gasteiger partial charge >= 0.3 is 0 Å². The van der Waals surface area contributed by atoms with Crippen molar-refractivity contribution >= 4 is 22.5 Å².